The summed E-state index contributed by atoms with van der Waals surface area (Å²) in [6, 6.07) is 17.9. The Morgan fingerprint density at radius 3 is 2.42 bits per heavy atom. The van der Waals surface area contributed by atoms with Crippen molar-refractivity contribution in [3.8, 4) is 0 Å². The monoisotopic (exact) mass is 582 g/mol. The average molecular weight is 583 g/mol. The highest BCUT2D eigenvalue weighted by molar-refractivity contribution is 6.41. The van der Waals surface area contributed by atoms with E-state index >= 15 is 0 Å². The number of carboxylic acid groups (broad SMARTS) is 1. The fraction of sp³-hybridized carbons (Fsp3) is 0.241. The van der Waals surface area contributed by atoms with Gasteiger partial charge >= 0.3 is 12.0 Å². The topological polar surface area (TPSA) is 137 Å². The smallest absolute Gasteiger partial charge is 0.328 e. The SMILES string of the molecule is O=C(CCc1ccccc1)Nc1ccc(Cl)c(C(=O)N[C@@H](CNC(=O)N[C@@H]2CCc3ccccc32)C(=O)O)c1Cl. The summed E-state index contributed by atoms with van der Waals surface area (Å²) in [6.07, 6.45) is 2.27. The first-order valence-electron chi connectivity index (χ1n) is 12.7. The van der Waals surface area contributed by atoms with Gasteiger partial charge in [0.05, 0.1) is 33.9 Å². The molecule has 0 bridgehead atoms. The standard InChI is InChI=1S/C29H28Cl2N4O5/c30-20-12-14-22(33-24(36)15-10-17-6-2-1-3-7-17)26(31)25(20)27(37)34-23(28(38)39)16-32-29(40)35-21-13-11-18-8-4-5-9-19(18)21/h1-9,12,14,21,23H,10-11,13,15-16H2,(H,33,36)(H,34,37)(H,38,39)(H2,32,35,40)/t21-,23+/m1/s1. The highest BCUT2D eigenvalue weighted by atomic mass is 35.5. The Kier molecular flexibility index (Phi) is 9.63. The van der Waals surface area contributed by atoms with Gasteiger partial charge in [0.2, 0.25) is 5.91 Å². The fourth-order valence-electron chi connectivity index (χ4n) is 4.51. The number of rotatable bonds is 10. The Balaban J connectivity index is 1.35. The maximum atomic E-state index is 13.0. The number of carbonyl (C=O) groups excluding carboxylic acids is 3. The van der Waals surface area contributed by atoms with Crippen molar-refractivity contribution in [2.45, 2.75) is 37.8 Å². The second kappa shape index (κ2) is 13.3. The van der Waals surface area contributed by atoms with E-state index in [1.54, 1.807) is 0 Å². The first-order valence-corrected chi connectivity index (χ1v) is 13.5. The summed E-state index contributed by atoms with van der Waals surface area (Å²) in [5.41, 5.74) is 3.15. The molecule has 0 unspecified atom stereocenters. The Bertz CT molecular complexity index is 1420. The molecule has 0 heterocycles. The molecule has 4 amide bonds. The van der Waals surface area contributed by atoms with Crippen molar-refractivity contribution >= 4 is 52.7 Å². The minimum atomic E-state index is -1.47. The van der Waals surface area contributed by atoms with Crippen LogP contribution in [-0.2, 0) is 22.4 Å². The molecule has 0 spiro atoms. The molecule has 11 heteroatoms. The van der Waals surface area contributed by atoms with Crippen molar-refractivity contribution in [1.82, 2.24) is 16.0 Å². The number of fused-ring (bicyclic) bond motifs is 1. The normalized spacial score (nSPS) is 14.5. The summed E-state index contributed by atoms with van der Waals surface area (Å²) in [6.45, 7) is -0.383. The highest BCUT2D eigenvalue weighted by Gasteiger charge is 2.27. The quantitative estimate of drug-likeness (QED) is 0.235. The molecule has 0 aliphatic heterocycles. The van der Waals surface area contributed by atoms with Gasteiger partial charge in [-0.3, -0.25) is 9.59 Å². The van der Waals surface area contributed by atoms with E-state index in [0.717, 1.165) is 29.5 Å². The Hall–Kier alpha value is -4.08. The van der Waals surface area contributed by atoms with Gasteiger partial charge in [-0.1, -0.05) is 77.8 Å². The molecule has 2 atom stereocenters. The summed E-state index contributed by atoms with van der Waals surface area (Å²) in [4.78, 5) is 49.8. The molecule has 0 fully saturated rings. The zero-order valence-corrected chi connectivity index (χ0v) is 22.9. The van der Waals surface area contributed by atoms with Crippen LogP contribution in [-0.4, -0.2) is 41.5 Å². The lowest BCUT2D eigenvalue weighted by atomic mass is 10.1. The first kappa shape index (κ1) is 28.9. The molecule has 0 saturated heterocycles. The minimum absolute atomic E-state index is 0.0282. The van der Waals surface area contributed by atoms with E-state index in [-0.39, 0.29) is 46.2 Å². The van der Waals surface area contributed by atoms with Crippen molar-refractivity contribution in [3.63, 3.8) is 0 Å². The van der Waals surface area contributed by atoms with Gasteiger partial charge in [0, 0.05) is 6.42 Å². The molecule has 1 aliphatic rings. The summed E-state index contributed by atoms with van der Waals surface area (Å²) in [5, 5.41) is 19.9. The van der Waals surface area contributed by atoms with Crippen LogP contribution in [0.4, 0.5) is 10.5 Å². The molecular formula is C29H28Cl2N4O5. The zero-order chi connectivity index (χ0) is 28.6. The van der Waals surface area contributed by atoms with E-state index in [2.05, 4.69) is 21.3 Å². The van der Waals surface area contributed by atoms with E-state index in [4.69, 9.17) is 23.2 Å². The van der Waals surface area contributed by atoms with E-state index < -0.39 is 23.9 Å². The number of nitrogens with one attached hydrogen (secondary N) is 4. The fourth-order valence-corrected chi connectivity index (χ4v) is 5.10. The largest absolute Gasteiger partial charge is 0.480 e. The van der Waals surface area contributed by atoms with Crippen LogP contribution in [0.1, 0.15) is 45.9 Å². The molecule has 0 saturated carbocycles. The second-order valence-electron chi connectivity index (χ2n) is 9.33. The van der Waals surface area contributed by atoms with Crippen molar-refractivity contribution in [2.24, 2.45) is 0 Å². The van der Waals surface area contributed by atoms with Gasteiger partial charge in [0.25, 0.3) is 5.91 Å². The van der Waals surface area contributed by atoms with Crippen LogP contribution >= 0.6 is 23.2 Å². The number of amides is 4. The van der Waals surface area contributed by atoms with Gasteiger partial charge in [-0.2, -0.15) is 0 Å². The lowest BCUT2D eigenvalue weighted by Gasteiger charge is -2.19. The maximum Gasteiger partial charge on any atom is 0.328 e. The maximum absolute atomic E-state index is 13.0. The summed E-state index contributed by atoms with van der Waals surface area (Å²) in [7, 11) is 0. The number of halogens is 2. The number of hydrogen-bond donors (Lipinski definition) is 5. The summed E-state index contributed by atoms with van der Waals surface area (Å²) in [5.74, 6) is -2.55. The third-order valence-corrected chi connectivity index (χ3v) is 7.29. The summed E-state index contributed by atoms with van der Waals surface area (Å²) >= 11 is 12.6. The van der Waals surface area contributed by atoms with E-state index in [1.165, 1.54) is 12.1 Å². The molecule has 0 aromatic heterocycles. The predicted molar refractivity (Wildman–Crippen MR) is 153 cm³/mol. The number of carboxylic acids is 1. The average Bonchev–Trinajstić information content (AvgIpc) is 3.34. The van der Waals surface area contributed by atoms with Gasteiger partial charge in [-0.25, -0.2) is 9.59 Å². The van der Waals surface area contributed by atoms with Crippen molar-refractivity contribution in [3.05, 3.63) is 99.0 Å². The molecule has 0 radical (unpaired) electrons. The van der Waals surface area contributed by atoms with E-state index in [9.17, 15) is 24.3 Å². The number of urea groups is 1. The van der Waals surface area contributed by atoms with Gasteiger partial charge in [-0.05, 0) is 48.1 Å². The molecule has 9 nitrogen and oxygen atoms in total. The lowest BCUT2D eigenvalue weighted by molar-refractivity contribution is -0.139. The van der Waals surface area contributed by atoms with Crippen LogP contribution in [0.3, 0.4) is 0 Å². The second-order valence-corrected chi connectivity index (χ2v) is 10.1. The molecule has 3 aromatic rings. The molecule has 5 N–H and O–H groups in total. The van der Waals surface area contributed by atoms with Crippen LogP contribution in [0, 0.1) is 0 Å². The third kappa shape index (κ3) is 7.31. The molecule has 3 aromatic carbocycles. The molecule has 4 rings (SSSR count). The van der Waals surface area contributed by atoms with Crippen molar-refractivity contribution < 1.29 is 24.3 Å². The number of hydrogen-bond acceptors (Lipinski definition) is 4. The number of benzene rings is 3. The molecule has 1 aliphatic carbocycles. The molecule has 40 heavy (non-hydrogen) atoms. The van der Waals surface area contributed by atoms with Crippen LogP contribution in [0.15, 0.2) is 66.7 Å². The Morgan fingerprint density at radius 1 is 0.950 bits per heavy atom. The first-order chi connectivity index (χ1) is 19.2. The van der Waals surface area contributed by atoms with Crippen LogP contribution < -0.4 is 21.3 Å². The number of aryl methyl sites for hydroxylation is 2. The van der Waals surface area contributed by atoms with Crippen LogP contribution in [0.5, 0.6) is 0 Å². The van der Waals surface area contributed by atoms with Gasteiger partial charge in [0.15, 0.2) is 0 Å². The van der Waals surface area contributed by atoms with Gasteiger partial charge < -0.3 is 26.4 Å². The summed E-state index contributed by atoms with van der Waals surface area (Å²) < 4.78 is 0. The highest BCUT2D eigenvalue weighted by Crippen LogP contribution is 2.32. The predicted octanol–water partition coefficient (Wildman–Crippen LogP) is 4.73. The van der Waals surface area contributed by atoms with Gasteiger partial charge in [0.1, 0.15) is 6.04 Å². The van der Waals surface area contributed by atoms with Crippen molar-refractivity contribution in [2.75, 3.05) is 11.9 Å². The number of carbonyl (C=O) groups is 4. The molecular weight excluding hydrogens is 555 g/mol. The Labute approximate surface area is 241 Å². The lowest BCUT2D eigenvalue weighted by Crippen LogP contribution is -2.50. The van der Waals surface area contributed by atoms with Crippen molar-refractivity contribution in [1.29, 1.82) is 0 Å². The molecule has 208 valence electrons. The zero-order valence-electron chi connectivity index (χ0n) is 21.4. The van der Waals surface area contributed by atoms with Crippen LogP contribution in [0.25, 0.3) is 0 Å². The Morgan fingerprint density at radius 2 is 1.68 bits per heavy atom. The minimum Gasteiger partial charge on any atom is -0.480 e. The van der Waals surface area contributed by atoms with Gasteiger partial charge in [-0.15, -0.1) is 0 Å². The van der Waals surface area contributed by atoms with Crippen LogP contribution in [0.2, 0.25) is 10.0 Å². The van der Waals surface area contributed by atoms with E-state index in [1.807, 2.05) is 54.6 Å². The number of anilines is 1. The van der Waals surface area contributed by atoms with E-state index in [0.29, 0.717) is 6.42 Å². The third-order valence-electron chi connectivity index (χ3n) is 6.58. The number of aliphatic carboxylic acids is 1.